The number of aromatic nitrogens is 3. The molecule has 2 amide bonds. The van der Waals surface area contributed by atoms with Gasteiger partial charge in [-0.15, -0.1) is 10.2 Å². The van der Waals surface area contributed by atoms with Crippen LogP contribution >= 0.6 is 11.8 Å². The molecule has 9 heteroatoms. The van der Waals surface area contributed by atoms with Gasteiger partial charge in [0, 0.05) is 28.5 Å². The normalized spacial score (nSPS) is 12.8. The van der Waals surface area contributed by atoms with Crippen LogP contribution in [-0.2, 0) is 9.59 Å². The second kappa shape index (κ2) is 10.1. The molecule has 0 atom stereocenters. The number of rotatable bonds is 8. The highest BCUT2D eigenvalue weighted by molar-refractivity contribution is 7.99. The molecule has 2 N–H and O–H groups in total. The zero-order valence-electron chi connectivity index (χ0n) is 18.6. The maximum Gasteiger partial charge on any atom is 0.234 e. The lowest BCUT2D eigenvalue weighted by molar-refractivity contribution is -0.117. The average molecular weight is 488 g/mol. The predicted octanol–water partition coefficient (Wildman–Crippen LogP) is 5.15. The van der Waals surface area contributed by atoms with E-state index in [4.69, 9.17) is 0 Å². The summed E-state index contributed by atoms with van der Waals surface area (Å²) in [6.45, 7) is 0. The molecule has 3 aromatic carbocycles. The Labute approximate surface area is 205 Å². The fourth-order valence-corrected chi connectivity index (χ4v) is 4.26. The molecule has 0 bridgehead atoms. The number of benzene rings is 3. The molecule has 0 saturated heterocycles. The van der Waals surface area contributed by atoms with Crippen LogP contribution in [0.25, 0.3) is 17.1 Å². The molecule has 1 aliphatic rings. The van der Waals surface area contributed by atoms with Gasteiger partial charge in [0.15, 0.2) is 11.0 Å². The van der Waals surface area contributed by atoms with Crippen LogP contribution < -0.4 is 10.6 Å². The quantitative estimate of drug-likeness (QED) is 0.336. The first-order valence-corrected chi connectivity index (χ1v) is 12.2. The van der Waals surface area contributed by atoms with E-state index in [1.54, 1.807) is 36.4 Å². The summed E-state index contributed by atoms with van der Waals surface area (Å²) in [5, 5.41) is 14.9. The summed E-state index contributed by atoms with van der Waals surface area (Å²) in [5.41, 5.74) is 2.89. The molecule has 0 unspecified atom stereocenters. The summed E-state index contributed by atoms with van der Waals surface area (Å²) < 4.78 is 15.3. The van der Waals surface area contributed by atoms with Crippen LogP contribution in [0.4, 0.5) is 15.8 Å². The second-order valence-electron chi connectivity index (χ2n) is 8.16. The van der Waals surface area contributed by atoms with Crippen molar-refractivity contribution in [3.05, 3.63) is 84.7 Å². The van der Waals surface area contributed by atoms with Gasteiger partial charge < -0.3 is 10.6 Å². The van der Waals surface area contributed by atoms with Crippen molar-refractivity contribution in [1.82, 2.24) is 14.8 Å². The monoisotopic (exact) mass is 487 g/mol. The van der Waals surface area contributed by atoms with Gasteiger partial charge in [-0.05, 0) is 73.5 Å². The van der Waals surface area contributed by atoms with Gasteiger partial charge in [0.25, 0.3) is 0 Å². The van der Waals surface area contributed by atoms with Gasteiger partial charge in [0.2, 0.25) is 11.8 Å². The number of nitrogens with zero attached hydrogens (tertiary/aromatic N) is 3. The molecule has 1 aliphatic carbocycles. The lowest BCUT2D eigenvalue weighted by atomic mass is 10.2. The van der Waals surface area contributed by atoms with Crippen LogP contribution in [0.15, 0.2) is 84.0 Å². The minimum Gasteiger partial charge on any atom is -0.326 e. The Morgan fingerprint density at radius 1 is 0.886 bits per heavy atom. The van der Waals surface area contributed by atoms with Gasteiger partial charge >= 0.3 is 0 Å². The van der Waals surface area contributed by atoms with Gasteiger partial charge in [-0.3, -0.25) is 14.2 Å². The number of para-hydroxylation sites is 1. The van der Waals surface area contributed by atoms with E-state index in [-0.39, 0.29) is 29.3 Å². The van der Waals surface area contributed by atoms with Crippen molar-refractivity contribution in [1.29, 1.82) is 0 Å². The molecule has 0 radical (unpaired) electrons. The Bertz CT molecular complexity index is 1340. The highest BCUT2D eigenvalue weighted by Crippen LogP contribution is 2.30. The second-order valence-corrected chi connectivity index (χ2v) is 9.10. The minimum atomic E-state index is -0.330. The number of carbonyl (C=O) groups excluding carboxylic acids is 2. The van der Waals surface area contributed by atoms with E-state index >= 15 is 0 Å². The van der Waals surface area contributed by atoms with E-state index in [9.17, 15) is 14.0 Å². The number of amides is 2. The highest BCUT2D eigenvalue weighted by Gasteiger charge is 2.29. The van der Waals surface area contributed by atoms with E-state index < -0.39 is 0 Å². The minimum absolute atomic E-state index is 0.0423. The van der Waals surface area contributed by atoms with Gasteiger partial charge in [-0.25, -0.2) is 4.39 Å². The van der Waals surface area contributed by atoms with Gasteiger partial charge in [-0.2, -0.15) is 0 Å². The number of halogens is 1. The number of hydrogen-bond donors (Lipinski definition) is 2. The van der Waals surface area contributed by atoms with E-state index in [1.165, 1.54) is 23.9 Å². The number of hydrogen-bond acceptors (Lipinski definition) is 5. The number of carbonyl (C=O) groups is 2. The molecule has 1 fully saturated rings. The van der Waals surface area contributed by atoms with Crippen molar-refractivity contribution in [3.8, 4) is 17.1 Å². The fourth-order valence-electron chi connectivity index (χ4n) is 3.51. The Hall–Kier alpha value is -3.98. The van der Waals surface area contributed by atoms with Gasteiger partial charge in [0.1, 0.15) is 5.82 Å². The molecule has 1 heterocycles. The van der Waals surface area contributed by atoms with Crippen molar-refractivity contribution in [2.24, 2.45) is 5.92 Å². The zero-order chi connectivity index (χ0) is 24.2. The highest BCUT2D eigenvalue weighted by atomic mass is 32.2. The lowest BCUT2D eigenvalue weighted by Gasteiger charge is -2.11. The maximum absolute atomic E-state index is 13.4. The Kier molecular flexibility index (Phi) is 6.58. The Morgan fingerprint density at radius 3 is 2.20 bits per heavy atom. The van der Waals surface area contributed by atoms with Crippen LogP contribution in [0.3, 0.4) is 0 Å². The van der Waals surface area contributed by atoms with Crippen molar-refractivity contribution < 1.29 is 14.0 Å². The van der Waals surface area contributed by atoms with E-state index in [0.717, 1.165) is 18.5 Å². The van der Waals surface area contributed by atoms with Crippen molar-refractivity contribution in [2.75, 3.05) is 16.4 Å². The first-order chi connectivity index (χ1) is 17.1. The molecule has 176 valence electrons. The summed E-state index contributed by atoms with van der Waals surface area (Å²) in [4.78, 5) is 24.5. The first kappa shape index (κ1) is 22.8. The standard InChI is InChI=1S/C26H22FN5O2S/c27-19-10-8-17(9-11-19)24-30-31-26(32(24)22-4-2-1-3-5-22)35-16-23(33)28-20-12-14-21(15-13-20)29-25(34)18-6-7-18/h1-5,8-15,18H,6-7,16H2,(H,28,33)(H,29,34). The maximum atomic E-state index is 13.4. The lowest BCUT2D eigenvalue weighted by Crippen LogP contribution is -2.15. The third kappa shape index (κ3) is 5.58. The Morgan fingerprint density at radius 2 is 1.54 bits per heavy atom. The predicted molar refractivity (Wildman–Crippen MR) is 134 cm³/mol. The molecule has 35 heavy (non-hydrogen) atoms. The van der Waals surface area contributed by atoms with E-state index in [1.807, 2.05) is 34.9 Å². The Balaban J connectivity index is 1.27. The van der Waals surface area contributed by atoms with E-state index in [0.29, 0.717) is 27.9 Å². The summed E-state index contributed by atoms with van der Waals surface area (Å²) in [7, 11) is 0. The third-order valence-electron chi connectivity index (χ3n) is 5.47. The number of nitrogens with one attached hydrogen (secondary N) is 2. The molecule has 4 aromatic rings. The van der Waals surface area contributed by atoms with Gasteiger partial charge in [0.05, 0.1) is 5.75 Å². The molecule has 0 aliphatic heterocycles. The molecule has 5 rings (SSSR count). The molecular formula is C26H22FN5O2S. The fraction of sp³-hybridized carbons (Fsp3) is 0.154. The van der Waals surface area contributed by atoms with Crippen LogP contribution in [0.5, 0.6) is 0 Å². The molecule has 1 aromatic heterocycles. The van der Waals surface area contributed by atoms with Crippen LogP contribution in [-0.4, -0.2) is 32.3 Å². The summed E-state index contributed by atoms with van der Waals surface area (Å²) in [5.74, 6) is 0.325. The topological polar surface area (TPSA) is 88.9 Å². The molecule has 1 saturated carbocycles. The zero-order valence-corrected chi connectivity index (χ0v) is 19.5. The number of thioether (sulfide) groups is 1. The van der Waals surface area contributed by atoms with Crippen molar-refractivity contribution in [2.45, 2.75) is 18.0 Å². The van der Waals surface area contributed by atoms with Crippen molar-refractivity contribution >= 4 is 35.0 Å². The molecular weight excluding hydrogens is 465 g/mol. The SMILES string of the molecule is O=C(CSc1nnc(-c2ccc(F)cc2)n1-c1ccccc1)Nc1ccc(NC(=O)C2CC2)cc1. The average Bonchev–Trinajstić information content (AvgIpc) is 3.65. The summed E-state index contributed by atoms with van der Waals surface area (Å²) in [6, 6.07) is 22.7. The summed E-state index contributed by atoms with van der Waals surface area (Å²) >= 11 is 1.26. The van der Waals surface area contributed by atoms with Gasteiger partial charge in [-0.1, -0.05) is 30.0 Å². The van der Waals surface area contributed by atoms with Crippen molar-refractivity contribution in [3.63, 3.8) is 0 Å². The third-order valence-corrected chi connectivity index (χ3v) is 6.40. The first-order valence-electron chi connectivity index (χ1n) is 11.2. The molecule has 7 nitrogen and oxygen atoms in total. The summed E-state index contributed by atoms with van der Waals surface area (Å²) in [6.07, 6.45) is 1.89. The van der Waals surface area contributed by atoms with E-state index in [2.05, 4.69) is 20.8 Å². The smallest absolute Gasteiger partial charge is 0.234 e. The number of anilines is 2. The van der Waals surface area contributed by atoms with Crippen LogP contribution in [0.1, 0.15) is 12.8 Å². The largest absolute Gasteiger partial charge is 0.326 e. The van der Waals surface area contributed by atoms with Crippen LogP contribution in [0.2, 0.25) is 0 Å². The van der Waals surface area contributed by atoms with Crippen LogP contribution in [0, 0.1) is 11.7 Å². The molecule has 0 spiro atoms.